The van der Waals surface area contributed by atoms with E-state index in [1.54, 1.807) is 0 Å². The molecule has 0 aliphatic carbocycles. The number of hydrogen-bond donors (Lipinski definition) is 1. The maximum absolute atomic E-state index is 3.54. The summed E-state index contributed by atoms with van der Waals surface area (Å²) in [6, 6.07) is 6.88. The fourth-order valence-corrected chi connectivity index (χ4v) is 2.26. The second-order valence-corrected chi connectivity index (χ2v) is 4.80. The molecule has 90 valence electrons. The first kappa shape index (κ1) is 13.5. The van der Waals surface area contributed by atoms with E-state index in [0.29, 0.717) is 6.04 Å². The van der Waals surface area contributed by atoms with Crippen molar-refractivity contribution in [3.63, 3.8) is 0 Å². The summed E-state index contributed by atoms with van der Waals surface area (Å²) >= 11 is 3.54. The van der Waals surface area contributed by atoms with Gasteiger partial charge in [-0.1, -0.05) is 15.9 Å². The Morgan fingerprint density at radius 1 is 1.31 bits per heavy atom. The van der Waals surface area contributed by atoms with Crippen molar-refractivity contribution >= 4 is 21.6 Å². The van der Waals surface area contributed by atoms with Crippen LogP contribution in [0.4, 0.5) is 5.69 Å². The second kappa shape index (κ2) is 6.26. The standard InChI is InChI=1S/C13H21BrN2/c1-5-16(6-2)13-8-7-11(14)9-12(13)10(3)15-4/h7-10,15H,5-6H2,1-4H3. The van der Waals surface area contributed by atoms with Gasteiger partial charge in [-0.2, -0.15) is 0 Å². The minimum absolute atomic E-state index is 0.369. The first-order valence-electron chi connectivity index (χ1n) is 5.85. The van der Waals surface area contributed by atoms with Gasteiger partial charge in [0, 0.05) is 29.3 Å². The van der Waals surface area contributed by atoms with Gasteiger partial charge in [0.05, 0.1) is 0 Å². The quantitative estimate of drug-likeness (QED) is 0.889. The minimum Gasteiger partial charge on any atom is -0.372 e. The molecule has 0 aliphatic heterocycles. The van der Waals surface area contributed by atoms with E-state index in [1.165, 1.54) is 11.3 Å². The fraction of sp³-hybridized carbons (Fsp3) is 0.538. The van der Waals surface area contributed by atoms with Gasteiger partial charge >= 0.3 is 0 Å². The summed E-state index contributed by atoms with van der Waals surface area (Å²) in [4.78, 5) is 2.38. The number of benzene rings is 1. The van der Waals surface area contributed by atoms with Gasteiger partial charge in [-0.15, -0.1) is 0 Å². The Morgan fingerprint density at radius 2 is 1.94 bits per heavy atom. The molecule has 1 N–H and O–H groups in total. The molecule has 0 fully saturated rings. The molecule has 0 saturated heterocycles. The van der Waals surface area contributed by atoms with Gasteiger partial charge in [0.15, 0.2) is 0 Å². The molecule has 3 heteroatoms. The van der Waals surface area contributed by atoms with E-state index in [4.69, 9.17) is 0 Å². The van der Waals surface area contributed by atoms with Crippen molar-refractivity contribution in [2.75, 3.05) is 25.0 Å². The van der Waals surface area contributed by atoms with Crippen LogP contribution in [0.1, 0.15) is 32.4 Å². The van der Waals surface area contributed by atoms with Gasteiger partial charge in [0.1, 0.15) is 0 Å². The van der Waals surface area contributed by atoms with E-state index >= 15 is 0 Å². The first-order valence-corrected chi connectivity index (χ1v) is 6.64. The van der Waals surface area contributed by atoms with E-state index in [0.717, 1.165) is 17.6 Å². The first-order chi connectivity index (χ1) is 7.63. The van der Waals surface area contributed by atoms with Crippen LogP contribution in [0.3, 0.4) is 0 Å². The maximum Gasteiger partial charge on any atom is 0.0415 e. The number of nitrogens with one attached hydrogen (secondary N) is 1. The van der Waals surface area contributed by atoms with Gasteiger partial charge in [-0.05, 0) is 51.6 Å². The summed E-state index contributed by atoms with van der Waals surface area (Å²) in [5.74, 6) is 0. The van der Waals surface area contributed by atoms with E-state index in [2.05, 4.69) is 65.1 Å². The molecule has 0 bridgehead atoms. The summed E-state index contributed by atoms with van der Waals surface area (Å²) in [6.45, 7) is 8.66. The summed E-state index contributed by atoms with van der Waals surface area (Å²) in [7, 11) is 2.00. The molecule has 0 spiro atoms. The molecule has 1 rings (SSSR count). The normalized spacial score (nSPS) is 12.6. The predicted octanol–water partition coefficient (Wildman–Crippen LogP) is 3.58. The number of nitrogens with zero attached hydrogens (tertiary/aromatic N) is 1. The van der Waals surface area contributed by atoms with Crippen LogP contribution in [0.15, 0.2) is 22.7 Å². The van der Waals surface area contributed by atoms with Crippen molar-refractivity contribution < 1.29 is 0 Å². The zero-order chi connectivity index (χ0) is 12.1. The molecule has 1 atom stereocenters. The molecule has 0 amide bonds. The SMILES string of the molecule is CCN(CC)c1ccc(Br)cc1C(C)NC. The van der Waals surface area contributed by atoms with Crippen molar-refractivity contribution in [1.82, 2.24) is 5.32 Å². The summed E-state index contributed by atoms with van der Waals surface area (Å²) in [5, 5.41) is 3.30. The summed E-state index contributed by atoms with van der Waals surface area (Å²) < 4.78 is 1.14. The van der Waals surface area contributed by atoms with Crippen molar-refractivity contribution in [3.8, 4) is 0 Å². The van der Waals surface area contributed by atoms with Crippen molar-refractivity contribution in [2.45, 2.75) is 26.8 Å². The van der Waals surface area contributed by atoms with Gasteiger partial charge in [0.25, 0.3) is 0 Å². The molecule has 0 aliphatic rings. The Labute approximate surface area is 107 Å². The number of hydrogen-bond acceptors (Lipinski definition) is 2. The Hall–Kier alpha value is -0.540. The average Bonchev–Trinajstić information content (AvgIpc) is 2.31. The molecule has 0 saturated carbocycles. The highest BCUT2D eigenvalue weighted by atomic mass is 79.9. The van der Waals surface area contributed by atoms with Crippen LogP contribution >= 0.6 is 15.9 Å². The molecule has 0 heterocycles. The monoisotopic (exact) mass is 284 g/mol. The highest BCUT2D eigenvalue weighted by Gasteiger charge is 2.13. The lowest BCUT2D eigenvalue weighted by Gasteiger charge is -2.26. The van der Waals surface area contributed by atoms with Crippen LogP contribution in [0.5, 0.6) is 0 Å². The Kier molecular flexibility index (Phi) is 5.29. The third-order valence-corrected chi connectivity index (χ3v) is 3.49. The van der Waals surface area contributed by atoms with E-state index in [-0.39, 0.29) is 0 Å². The van der Waals surface area contributed by atoms with Crippen molar-refractivity contribution in [3.05, 3.63) is 28.2 Å². The molecule has 16 heavy (non-hydrogen) atoms. The van der Waals surface area contributed by atoms with Crippen LogP contribution in [0, 0.1) is 0 Å². The van der Waals surface area contributed by atoms with Gasteiger partial charge < -0.3 is 10.2 Å². The molecule has 0 radical (unpaired) electrons. The Bertz CT molecular complexity index is 335. The van der Waals surface area contributed by atoms with Crippen LogP contribution in [-0.2, 0) is 0 Å². The molecule has 1 aromatic carbocycles. The maximum atomic E-state index is 3.54. The second-order valence-electron chi connectivity index (χ2n) is 3.89. The number of rotatable bonds is 5. The Morgan fingerprint density at radius 3 is 2.44 bits per heavy atom. The smallest absolute Gasteiger partial charge is 0.0415 e. The summed E-state index contributed by atoms with van der Waals surface area (Å²) in [6.07, 6.45) is 0. The highest BCUT2D eigenvalue weighted by Crippen LogP contribution is 2.29. The lowest BCUT2D eigenvalue weighted by Crippen LogP contribution is -2.25. The third-order valence-electron chi connectivity index (χ3n) is 2.99. The number of halogens is 1. The molecule has 0 aromatic heterocycles. The van der Waals surface area contributed by atoms with Crippen LogP contribution < -0.4 is 10.2 Å². The van der Waals surface area contributed by atoms with Gasteiger partial charge in [-0.3, -0.25) is 0 Å². The molecular weight excluding hydrogens is 264 g/mol. The van der Waals surface area contributed by atoms with E-state index < -0.39 is 0 Å². The third kappa shape index (κ3) is 2.98. The molecular formula is C13H21BrN2. The Balaban J connectivity index is 3.16. The lowest BCUT2D eigenvalue weighted by atomic mass is 10.1. The summed E-state index contributed by atoms with van der Waals surface area (Å²) in [5.41, 5.74) is 2.68. The molecule has 1 unspecified atom stereocenters. The predicted molar refractivity (Wildman–Crippen MR) is 75.2 cm³/mol. The van der Waals surface area contributed by atoms with Crippen LogP contribution in [-0.4, -0.2) is 20.1 Å². The molecule has 1 aromatic rings. The fourth-order valence-electron chi connectivity index (χ4n) is 1.88. The highest BCUT2D eigenvalue weighted by molar-refractivity contribution is 9.10. The zero-order valence-corrected chi connectivity index (χ0v) is 12.1. The van der Waals surface area contributed by atoms with Crippen molar-refractivity contribution in [2.24, 2.45) is 0 Å². The van der Waals surface area contributed by atoms with Crippen molar-refractivity contribution in [1.29, 1.82) is 0 Å². The van der Waals surface area contributed by atoms with Crippen LogP contribution in [0.2, 0.25) is 0 Å². The largest absolute Gasteiger partial charge is 0.372 e. The van der Waals surface area contributed by atoms with Gasteiger partial charge in [-0.25, -0.2) is 0 Å². The zero-order valence-electron chi connectivity index (χ0n) is 10.5. The van der Waals surface area contributed by atoms with Gasteiger partial charge in [0.2, 0.25) is 0 Å². The lowest BCUT2D eigenvalue weighted by molar-refractivity contribution is 0.648. The van der Waals surface area contributed by atoms with Crippen LogP contribution in [0.25, 0.3) is 0 Å². The topological polar surface area (TPSA) is 15.3 Å². The van der Waals surface area contributed by atoms with E-state index in [1.807, 2.05) is 7.05 Å². The number of anilines is 1. The molecule has 2 nitrogen and oxygen atoms in total. The average molecular weight is 285 g/mol. The van der Waals surface area contributed by atoms with E-state index in [9.17, 15) is 0 Å². The minimum atomic E-state index is 0.369.